The second-order valence-corrected chi connectivity index (χ2v) is 1.68. The Labute approximate surface area is 54.0 Å². The van der Waals surface area contributed by atoms with Crippen LogP contribution in [0.3, 0.4) is 0 Å². The Bertz CT molecular complexity index is 125. The molecule has 0 atom stereocenters. The summed E-state index contributed by atoms with van der Waals surface area (Å²) >= 11 is 0. The van der Waals surface area contributed by atoms with Crippen molar-refractivity contribution < 1.29 is 9.59 Å². The summed E-state index contributed by atoms with van der Waals surface area (Å²) in [7, 11) is 2.90. The molecule has 0 aliphatic carbocycles. The maximum absolute atomic E-state index is 10.4. The van der Waals surface area contributed by atoms with Gasteiger partial charge in [-0.05, 0) is 0 Å². The van der Waals surface area contributed by atoms with Crippen molar-refractivity contribution in [2.75, 3.05) is 14.1 Å². The van der Waals surface area contributed by atoms with Crippen molar-refractivity contribution in [1.29, 1.82) is 0 Å². The van der Waals surface area contributed by atoms with Crippen molar-refractivity contribution in [3.63, 3.8) is 0 Å². The van der Waals surface area contributed by atoms with E-state index in [2.05, 4.69) is 0 Å². The van der Waals surface area contributed by atoms with Crippen LogP contribution in [0.25, 0.3) is 0 Å². The van der Waals surface area contributed by atoms with Gasteiger partial charge in [-0.15, -0.1) is 0 Å². The fraction of sp³-hybridized carbons (Fsp3) is 0.600. The van der Waals surface area contributed by atoms with Crippen LogP contribution in [0, 0.1) is 0 Å². The highest BCUT2D eigenvalue weighted by Gasteiger charge is 2.36. The van der Waals surface area contributed by atoms with Gasteiger partial charge in [0.05, 0.1) is 0 Å². The van der Waals surface area contributed by atoms with E-state index in [0.717, 1.165) is 9.80 Å². The molecule has 0 unspecified atom stereocenters. The fourth-order valence-electron chi connectivity index (χ4n) is 0.569. The molecule has 0 aromatic heterocycles. The van der Waals surface area contributed by atoms with Gasteiger partial charge in [0.1, 0.15) is 0 Å². The number of rotatable bonds is 0. The van der Waals surface area contributed by atoms with Crippen LogP contribution in [0.5, 0.6) is 0 Å². The number of amides is 4. The van der Waals surface area contributed by atoms with E-state index >= 15 is 0 Å². The molecule has 0 spiro atoms. The largest absolute Gasteiger partial charge is 0.335 e. The molecule has 4 nitrogen and oxygen atoms in total. The lowest BCUT2D eigenvalue weighted by Gasteiger charge is -2.32. The Hall–Kier alpha value is -1.06. The van der Waals surface area contributed by atoms with Gasteiger partial charge >= 0.3 is 12.1 Å². The molecule has 1 saturated heterocycles. The summed E-state index contributed by atoms with van der Waals surface area (Å²) in [6, 6.07) is -0.481. The summed E-state index contributed by atoms with van der Waals surface area (Å²) in [5.41, 5.74) is 0. The van der Waals surface area contributed by atoms with E-state index in [1.54, 1.807) is 0 Å². The Kier molecular flexibility index (Phi) is 1.80. The number of carbonyl (C=O) groups excluding carboxylic acids is 2. The van der Waals surface area contributed by atoms with Crippen LogP contribution in [-0.2, 0) is 0 Å². The van der Waals surface area contributed by atoms with Crippen LogP contribution in [0.1, 0.15) is 7.43 Å². The molecule has 0 aromatic carbocycles. The number of carbonyl (C=O) groups is 2. The molecule has 0 N–H and O–H groups in total. The number of imide groups is 2. The predicted molar refractivity (Wildman–Crippen MR) is 33.0 cm³/mol. The Morgan fingerprint density at radius 3 is 1.33 bits per heavy atom. The van der Waals surface area contributed by atoms with Gasteiger partial charge in [-0.25, -0.2) is 19.4 Å². The molecule has 1 heterocycles. The van der Waals surface area contributed by atoms with Gasteiger partial charge in [0.2, 0.25) is 0 Å². The third kappa shape index (κ3) is 0.759. The molecule has 0 saturated carbocycles. The molecule has 1 aliphatic heterocycles. The molecule has 1 rings (SSSR count). The van der Waals surface area contributed by atoms with Crippen molar-refractivity contribution in [2.45, 2.75) is 7.43 Å². The van der Waals surface area contributed by atoms with E-state index in [-0.39, 0.29) is 19.5 Å². The second kappa shape index (κ2) is 2.05. The van der Waals surface area contributed by atoms with Crippen LogP contribution < -0.4 is 0 Å². The molecule has 1 aliphatic rings. The summed E-state index contributed by atoms with van der Waals surface area (Å²) in [6.45, 7) is 0. The van der Waals surface area contributed by atoms with Crippen molar-refractivity contribution in [1.82, 2.24) is 9.80 Å². The first-order valence-corrected chi connectivity index (χ1v) is 2.20. The molecule has 0 bridgehead atoms. The molecular formula is C5H10N2O2. The van der Waals surface area contributed by atoms with Crippen molar-refractivity contribution in [2.24, 2.45) is 0 Å². The molecule has 52 valence electrons. The maximum atomic E-state index is 10.4. The second-order valence-electron chi connectivity index (χ2n) is 1.68. The van der Waals surface area contributed by atoms with E-state index in [0.29, 0.717) is 0 Å². The fourth-order valence-corrected chi connectivity index (χ4v) is 0.569. The first-order valence-electron chi connectivity index (χ1n) is 2.20. The molecule has 0 aromatic rings. The van der Waals surface area contributed by atoms with E-state index in [4.69, 9.17) is 0 Å². The molecule has 4 heteroatoms. The van der Waals surface area contributed by atoms with Crippen LogP contribution in [0.15, 0.2) is 0 Å². The van der Waals surface area contributed by atoms with Crippen LogP contribution >= 0.6 is 0 Å². The summed E-state index contributed by atoms with van der Waals surface area (Å²) in [6.07, 6.45) is 0. The summed E-state index contributed by atoms with van der Waals surface area (Å²) < 4.78 is 0. The molecule has 4 amide bonds. The Balaban J connectivity index is 0.000000640. The van der Waals surface area contributed by atoms with E-state index in [9.17, 15) is 9.59 Å². The molecule has 1 fully saturated rings. The minimum atomic E-state index is -0.241. The number of hydrogen-bond acceptors (Lipinski definition) is 2. The highest BCUT2D eigenvalue weighted by atomic mass is 16.2. The zero-order valence-electron chi connectivity index (χ0n) is 4.71. The smallest absolute Gasteiger partial charge is 0.248 e. The predicted octanol–water partition coefficient (Wildman–Crippen LogP) is 0.740. The highest BCUT2D eigenvalue weighted by molar-refractivity contribution is 6.11. The number of nitrogens with zero attached hydrogens (tertiary/aromatic N) is 2. The number of hydrogen-bond donors (Lipinski definition) is 0. The van der Waals surface area contributed by atoms with Gasteiger partial charge in [-0.1, -0.05) is 7.43 Å². The van der Waals surface area contributed by atoms with E-state index in [1.165, 1.54) is 14.1 Å². The standard InChI is InChI=1S/C4H6N2O2.CH4/c1-5-3(7)6(2)4(5)8;/h1-2H3;1H4. The monoisotopic (exact) mass is 130 g/mol. The van der Waals surface area contributed by atoms with Gasteiger partial charge in [-0.2, -0.15) is 0 Å². The van der Waals surface area contributed by atoms with Gasteiger partial charge < -0.3 is 0 Å². The maximum Gasteiger partial charge on any atom is 0.335 e. The molecule has 0 radical (unpaired) electrons. The zero-order chi connectivity index (χ0) is 6.31. The van der Waals surface area contributed by atoms with Gasteiger partial charge in [-0.3, -0.25) is 0 Å². The average Bonchev–Trinajstić information content (AvgIpc) is 1.83. The van der Waals surface area contributed by atoms with E-state index < -0.39 is 0 Å². The summed E-state index contributed by atoms with van der Waals surface area (Å²) in [5.74, 6) is 0. The third-order valence-electron chi connectivity index (χ3n) is 1.15. The summed E-state index contributed by atoms with van der Waals surface area (Å²) in [4.78, 5) is 22.9. The third-order valence-corrected chi connectivity index (χ3v) is 1.15. The lowest BCUT2D eigenvalue weighted by atomic mass is 10.5. The van der Waals surface area contributed by atoms with Crippen LogP contribution in [0.4, 0.5) is 9.59 Å². The van der Waals surface area contributed by atoms with Gasteiger partial charge in [0, 0.05) is 14.1 Å². The minimum absolute atomic E-state index is 0. The zero-order valence-corrected chi connectivity index (χ0v) is 4.71. The topological polar surface area (TPSA) is 40.6 Å². The molecular weight excluding hydrogens is 120 g/mol. The minimum Gasteiger partial charge on any atom is -0.248 e. The highest BCUT2D eigenvalue weighted by Crippen LogP contribution is 2.08. The Morgan fingerprint density at radius 1 is 1.00 bits per heavy atom. The van der Waals surface area contributed by atoms with E-state index in [1.807, 2.05) is 0 Å². The SMILES string of the molecule is C.CN1C(=O)N(C)C1=O. The van der Waals surface area contributed by atoms with Crippen LogP contribution in [0.2, 0.25) is 0 Å². The first kappa shape index (κ1) is 7.94. The molecule has 9 heavy (non-hydrogen) atoms. The average molecular weight is 130 g/mol. The quantitative estimate of drug-likeness (QED) is 0.485. The van der Waals surface area contributed by atoms with Crippen molar-refractivity contribution in [3.8, 4) is 0 Å². The Morgan fingerprint density at radius 2 is 1.22 bits per heavy atom. The lowest BCUT2D eigenvalue weighted by molar-refractivity contribution is 0.125. The van der Waals surface area contributed by atoms with Crippen molar-refractivity contribution >= 4 is 12.1 Å². The lowest BCUT2D eigenvalue weighted by Crippen LogP contribution is -2.59. The number of urea groups is 2. The first-order chi connectivity index (χ1) is 3.64. The van der Waals surface area contributed by atoms with Crippen molar-refractivity contribution in [3.05, 3.63) is 0 Å². The summed E-state index contributed by atoms with van der Waals surface area (Å²) in [5, 5.41) is 0. The normalized spacial score (nSPS) is 17.1. The van der Waals surface area contributed by atoms with Gasteiger partial charge in [0.25, 0.3) is 0 Å². The van der Waals surface area contributed by atoms with Crippen LogP contribution in [-0.4, -0.2) is 36.0 Å². The van der Waals surface area contributed by atoms with Gasteiger partial charge in [0.15, 0.2) is 0 Å².